The zero-order valence-corrected chi connectivity index (χ0v) is 12.9. The number of aromatic amines is 1. The summed E-state index contributed by atoms with van der Waals surface area (Å²) in [6, 6.07) is 4.65. The standard InChI is InChI=1S/C17H24N4/c1-17(2)7-5-15(6-8-17)19-11-14-12-20-21-16(14)13-4-3-9-18-10-13/h3-4,9-10,12,15,19H,5-8,11H2,1-2H3,(H,20,21). The zero-order chi connectivity index (χ0) is 14.7. The Morgan fingerprint density at radius 2 is 2.10 bits per heavy atom. The summed E-state index contributed by atoms with van der Waals surface area (Å²) in [6.07, 6.45) is 10.8. The quantitative estimate of drug-likeness (QED) is 0.903. The van der Waals surface area contributed by atoms with Gasteiger partial charge in [0.2, 0.25) is 0 Å². The van der Waals surface area contributed by atoms with Gasteiger partial charge in [0.15, 0.2) is 0 Å². The predicted octanol–water partition coefficient (Wildman–Crippen LogP) is 3.53. The van der Waals surface area contributed by atoms with Crippen molar-refractivity contribution in [3.8, 4) is 11.3 Å². The van der Waals surface area contributed by atoms with Crippen LogP contribution in [-0.4, -0.2) is 21.2 Å². The molecule has 0 amide bonds. The van der Waals surface area contributed by atoms with Gasteiger partial charge in [0.25, 0.3) is 0 Å². The van der Waals surface area contributed by atoms with Crippen LogP contribution in [0.2, 0.25) is 0 Å². The molecule has 2 aromatic rings. The van der Waals surface area contributed by atoms with E-state index in [1.165, 1.54) is 31.2 Å². The van der Waals surface area contributed by atoms with Crippen molar-refractivity contribution in [2.24, 2.45) is 5.41 Å². The van der Waals surface area contributed by atoms with E-state index in [0.29, 0.717) is 11.5 Å². The van der Waals surface area contributed by atoms with E-state index in [4.69, 9.17) is 0 Å². The van der Waals surface area contributed by atoms with Crippen molar-refractivity contribution in [1.29, 1.82) is 0 Å². The van der Waals surface area contributed by atoms with Gasteiger partial charge in [-0.3, -0.25) is 10.1 Å². The van der Waals surface area contributed by atoms with Crippen molar-refractivity contribution in [3.05, 3.63) is 36.3 Å². The summed E-state index contributed by atoms with van der Waals surface area (Å²) in [5.74, 6) is 0. The summed E-state index contributed by atoms with van der Waals surface area (Å²) in [5.41, 5.74) is 3.91. The molecule has 1 fully saturated rings. The highest BCUT2D eigenvalue weighted by molar-refractivity contribution is 5.61. The monoisotopic (exact) mass is 284 g/mol. The second-order valence-corrected chi connectivity index (χ2v) is 6.83. The van der Waals surface area contributed by atoms with Crippen LogP contribution in [0.4, 0.5) is 0 Å². The van der Waals surface area contributed by atoms with Gasteiger partial charge in [-0.1, -0.05) is 13.8 Å². The van der Waals surface area contributed by atoms with Crippen molar-refractivity contribution in [2.75, 3.05) is 0 Å². The molecule has 1 aliphatic carbocycles. The molecule has 1 saturated carbocycles. The maximum Gasteiger partial charge on any atom is 0.0710 e. The molecule has 0 bridgehead atoms. The van der Waals surface area contributed by atoms with Crippen LogP contribution in [0.3, 0.4) is 0 Å². The SMILES string of the molecule is CC1(C)CCC(NCc2cn[nH]c2-c2cccnc2)CC1. The van der Waals surface area contributed by atoms with Crippen LogP contribution >= 0.6 is 0 Å². The Morgan fingerprint density at radius 3 is 2.81 bits per heavy atom. The maximum absolute atomic E-state index is 4.19. The third-order valence-corrected chi connectivity index (χ3v) is 4.59. The molecule has 21 heavy (non-hydrogen) atoms. The lowest BCUT2D eigenvalue weighted by Crippen LogP contribution is -2.35. The lowest BCUT2D eigenvalue weighted by atomic mass is 9.75. The molecule has 3 rings (SSSR count). The Bertz CT molecular complexity index is 563. The summed E-state index contributed by atoms with van der Waals surface area (Å²) in [7, 11) is 0. The first-order valence-electron chi connectivity index (χ1n) is 7.80. The number of nitrogens with one attached hydrogen (secondary N) is 2. The van der Waals surface area contributed by atoms with Crippen LogP contribution in [0, 0.1) is 5.41 Å². The highest BCUT2D eigenvalue weighted by Gasteiger charge is 2.26. The van der Waals surface area contributed by atoms with Crippen LogP contribution < -0.4 is 5.32 Å². The molecule has 2 aromatic heterocycles. The Morgan fingerprint density at radius 1 is 1.29 bits per heavy atom. The smallest absolute Gasteiger partial charge is 0.0710 e. The molecule has 0 spiro atoms. The van der Waals surface area contributed by atoms with Gasteiger partial charge in [-0.05, 0) is 43.2 Å². The minimum atomic E-state index is 0.523. The molecule has 4 heteroatoms. The van der Waals surface area contributed by atoms with Crippen LogP contribution in [0.1, 0.15) is 45.1 Å². The minimum Gasteiger partial charge on any atom is -0.310 e. The topological polar surface area (TPSA) is 53.6 Å². The van der Waals surface area contributed by atoms with E-state index < -0.39 is 0 Å². The molecule has 2 heterocycles. The lowest BCUT2D eigenvalue weighted by Gasteiger charge is -2.34. The molecule has 0 aromatic carbocycles. The summed E-state index contributed by atoms with van der Waals surface area (Å²) in [6.45, 7) is 5.62. The second kappa shape index (κ2) is 5.98. The van der Waals surface area contributed by atoms with Crippen LogP contribution in [-0.2, 0) is 6.54 Å². The maximum atomic E-state index is 4.19. The summed E-state index contributed by atoms with van der Waals surface area (Å²) < 4.78 is 0. The van der Waals surface area contributed by atoms with Gasteiger partial charge in [0, 0.05) is 36.1 Å². The molecular weight excluding hydrogens is 260 g/mol. The highest BCUT2D eigenvalue weighted by Crippen LogP contribution is 2.35. The molecule has 0 unspecified atom stereocenters. The number of hydrogen-bond donors (Lipinski definition) is 2. The van der Waals surface area contributed by atoms with Gasteiger partial charge in [-0.15, -0.1) is 0 Å². The molecule has 112 valence electrons. The highest BCUT2D eigenvalue weighted by atomic mass is 15.1. The molecule has 2 N–H and O–H groups in total. The number of pyridine rings is 1. The van der Waals surface area contributed by atoms with Crippen LogP contribution in [0.15, 0.2) is 30.7 Å². The van der Waals surface area contributed by atoms with Gasteiger partial charge in [0.05, 0.1) is 11.9 Å². The van der Waals surface area contributed by atoms with Gasteiger partial charge < -0.3 is 5.32 Å². The Kier molecular flexibility index (Phi) is 4.06. The fourth-order valence-corrected chi connectivity index (χ4v) is 3.06. The van der Waals surface area contributed by atoms with Gasteiger partial charge in [-0.2, -0.15) is 5.10 Å². The van der Waals surface area contributed by atoms with E-state index in [0.717, 1.165) is 17.8 Å². The molecule has 0 radical (unpaired) electrons. The molecular formula is C17H24N4. The second-order valence-electron chi connectivity index (χ2n) is 6.83. The Balaban J connectivity index is 1.61. The normalized spacial score (nSPS) is 18.8. The van der Waals surface area contributed by atoms with E-state index >= 15 is 0 Å². The third kappa shape index (κ3) is 3.50. The van der Waals surface area contributed by atoms with E-state index in [-0.39, 0.29) is 0 Å². The van der Waals surface area contributed by atoms with Crippen molar-refractivity contribution in [2.45, 2.75) is 52.1 Å². The molecule has 0 atom stereocenters. The van der Waals surface area contributed by atoms with Crippen LogP contribution in [0.25, 0.3) is 11.3 Å². The fraction of sp³-hybridized carbons (Fsp3) is 0.529. The average molecular weight is 284 g/mol. The first kappa shape index (κ1) is 14.3. The minimum absolute atomic E-state index is 0.523. The third-order valence-electron chi connectivity index (χ3n) is 4.59. The lowest BCUT2D eigenvalue weighted by molar-refractivity contribution is 0.206. The Hall–Kier alpha value is -1.68. The summed E-state index contributed by atoms with van der Waals surface area (Å²) >= 11 is 0. The Labute approximate surface area is 126 Å². The van der Waals surface area contributed by atoms with Crippen molar-refractivity contribution in [3.63, 3.8) is 0 Å². The predicted molar refractivity (Wildman–Crippen MR) is 84.7 cm³/mol. The molecule has 1 aliphatic rings. The van der Waals surface area contributed by atoms with Gasteiger partial charge in [-0.25, -0.2) is 0 Å². The number of nitrogens with zero attached hydrogens (tertiary/aromatic N) is 2. The molecule has 0 saturated heterocycles. The average Bonchev–Trinajstić information content (AvgIpc) is 2.95. The number of aromatic nitrogens is 3. The fourth-order valence-electron chi connectivity index (χ4n) is 3.06. The number of H-pyrrole nitrogens is 1. The van der Waals surface area contributed by atoms with E-state index in [9.17, 15) is 0 Å². The van der Waals surface area contributed by atoms with Crippen molar-refractivity contribution < 1.29 is 0 Å². The molecule has 4 nitrogen and oxygen atoms in total. The van der Waals surface area contributed by atoms with E-state index in [1.54, 1.807) is 6.20 Å². The summed E-state index contributed by atoms with van der Waals surface area (Å²) in [5, 5.41) is 11.0. The van der Waals surface area contributed by atoms with Gasteiger partial charge in [0.1, 0.15) is 0 Å². The summed E-state index contributed by atoms with van der Waals surface area (Å²) in [4.78, 5) is 4.18. The number of hydrogen-bond acceptors (Lipinski definition) is 3. The van der Waals surface area contributed by atoms with Crippen molar-refractivity contribution >= 4 is 0 Å². The van der Waals surface area contributed by atoms with Gasteiger partial charge >= 0.3 is 0 Å². The first-order chi connectivity index (χ1) is 10.1. The van der Waals surface area contributed by atoms with E-state index in [1.807, 2.05) is 18.5 Å². The largest absolute Gasteiger partial charge is 0.310 e. The van der Waals surface area contributed by atoms with E-state index in [2.05, 4.69) is 40.4 Å². The van der Waals surface area contributed by atoms with Crippen molar-refractivity contribution in [1.82, 2.24) is 20.5 Å². The number of rotatable bonds is 4. The first-order valence-corrected chi connectivity index (χ1v) is 7.80. The zero-order valence-electron chi connectivity index (χ0n) is 12.9. The van der Waals surface area contributed by atoms with Crippen LogP contribution in [0.5, 0.6) is 0 Å². The molecule has 0 aliphatic heterocycles.